The lowest BCUT2D eigenvalue weighted by Gasteiger charge is -2.08. The number of halogens is 2. The smallest absolute Gasteiger partial charge is 0.201 e. The Kier molecular flexibility index (Phi) is 5.62. The zero-order valence-electron chi connectivity index (χ0n) is 11.4. The highest BCUT2D eigenvalue weighted by Crippen LogP contribution is 2.22. The third-order valence-electron chi connectivity index (χ3n) is 2.81. The van der Waals surface area contributed by atoms with Crippen molar-refractivity contribution in [3.05, 3.63) is 63.6 Å². The highest BCUT2D eigenvalue weighted by atomic mass is 35.5. The van der Waals surface area contributed by atoms with E-state index >= 15 is 0 Å². The lowest BCUT2D eigenvalue weighted by molar-refractivity contribution is 0.0921. The van der Waals surface area contributed by atoms with Crippen molar-refractivity contribution in [1.82, 2.24) is 0 Å². The number of ether oxygens (including phenoxy) is 2. The van der Waals surface area contributed by atoms with Crippen LogP contribution in [0, 0.1) is 0 Å². The van der Waals surface area contributed by atoms with Gasteiger partial charge in [-0.15, -0.1) is 0 Å². The summed E-state index contributed by atoms with van der Waals surface area (Å²) in [5.74, 6) is 0.414. The molecule has 0 heterocycles. The van der Waals surface area contributed by atoms with Gasteiger partial charge in [0, 0.05) is 17.7 Å². The molecule has 0 aliphatic rings. The molecule has 0 bridgehead atoms. The Balaban J connectivity index is 2.02. The van der Waals surface area contributed by atoms with E-state index in [-0.39, 0.29) is 12.4 Å². The molecule has 21 heavy (non-hydrogen) atoms. The van der Waals surface area contributed by atoms with Gasteiger partial charge < -0.3 is 9.47 Å². The van der Waals surface area contributed by atoms with E-state index in [1.807, 2.05) is 18.2 Å². The Morgan fingerprint density at radius 1 is 1.14 bits per heavy atom. The summed E-state index contributed by atoms with van der Waals surface area (Å²) in [7, 11) is 1.62. The van der Waals surface area contributed by atoms with Crippen LogP contribution in [-0.2, 0) is 11.3 Å². The van der Waals surface area contributed by atoms with Gasteiger partial charge in [0.05, 0.1) is 11.6 Å². The maximum absolute atomic E-state index is 12.1. The number of rotatable bonds is 6. The van der Waals surface area contributed by atoms with Gasteiger partial charge in [0.2, 0.25) is 5.78 Å². The Labute approximate surface area is 133 Å². The van der Waals surface area contributed by atoms with E-state index < -0.39 is 0 Å². The zero-order valence-corrected chi connectivity index (χ0v) is 12.9. The second-order valence-corrected chi connectivity index (χ2v) is 5.26. The molecule has 0 aliphatic carbocycles. The first kappa shape index (κ1) is 15.8. The monoisotopic (exact) mass is 324 g/mol. The number of hydrogen-bond acceptors (Lipinski definition) is 3. The molecule has 0 amide bonds. The van der Waals surface area contributed by atoms with Crippen LogP contribution in [0.3, 0.4) is 0 Å². The van der Waals surface area contributed by atoms with Crippen molar-refractivity contribution >= 4 is 29.0 Å². The van der Waals surface area contributed by atoms with Gasteiger partial charge in [0.25, 0.3) is 0 Å². The number of hydrogen-bond donors (Lipinski definition) is 0. The van der Waals surface area contributed by atoms with Crippen molar-refractivity contribution in [2.45, 2.75) is 6.61 Å². The molecule has 0 spiro atoms. The molecule has 0 N–H and O–H groups in total. The molecule has 0 radical (unpaired) electrons. The van der Waals surface area contributed by atoms with Crippen LogP contribution >= 0.6 is 23.2 Å². The van der Waals surface area contributed by atoms with E-state index in [9.17, 15) is 4.79 Å². The minimum absolute atomic E-state index is 0.0855. The number of Topliss-reactive ketones (excluding diaryl/α,β-unsaturated/α-hetero) is 1. The van der Waals surface area contributed by atoms with E-state index in [1.54, 1.807) is 25.3 Å². The predicted octanol–water partition coefficient (Wildman–Crippen LogP) is 4.40. The van der Waals surface area contributed by atoms with Gasteiger partial charge in [-0.1, -0.05) is 35.3 Å². The normalized spacial score (nSPS) is 10.4. The molecule has 5 heteroatoms. The van der Waals surface area contributed by atoms with E-state index in [0.29, 0.717) is 28.0 Å². The number of ketones is 1. The Hall–Kier alpha value is -1.55. The van der Waals surface area contributed by atoms with Crippen molar-refractivity contribution in [1.29, 1.82) is 0 Å². The van der Waals surface area contributed by atoms with E-state index in [1.165, 1.54) is 6.07 Å². The van der Waals surface area contributed by atoms with Crippen molar-refractivity contribution < 1.29 is 14.3 Å². The van der Waals surface area contributed by atoms with Crippen LogP contribution in [0.1, 0.15) is 15.9 Å². The summed E-state index contributed by atoms with van der Waals surface area (Å²) in [6.07, 6.45) is 0. The van der Waals surface area contributed by atoms with Gasteiger partial charge in [0.1, 0.15) is 5.75 Å². The molecule has 2 aromatic carbocycles. The molecule has 0 saturated carbocycles. The predicted molar refractivity (Wildman–Crippen MR) is 83.4 cm³/mol. The van der Waals surface area contributed by atoms with Crippen molar-refractivity contribution in [2.75, 3.05) is 13.7 Å². The van der Waals surface area contributed by atoms with Crippen molar-refractivity contribution in [2.24, 2.45) is 0 Å². The van der Waals surface area contributed by atoms with Crippen LogP contribution in [0.2, 0.25) is 10.0 Å². The number of carbonyl (C=O) groups excluding carboxylic acids is 1. The van der Waals surface area contributed by atoms with E-state index in [0.717, 1.165) is 5.56 Å². The van der Waals surface area contributed by atoms with Gasteiger partial charge in [-0.2, -0.15) is 0 Å². The summed E-state index contributed by atoms with van der Waals surface area (Å²) in [6.45, 7) is 0.409. The summed E-state index contributed by atoms with van der Waals surface area (Å²) in [5.41, 5.74) is 1.38. The van der Waals surface area contributed by atoms with Crippen molar-refractivity contribution in [3.8, 4) is 5.75 Å². The fraction of sp³-hybridized carbons (Fsp3) is 0.188. The third-order valence-corrected chi connectivity index (χ3v) is 3.36. The average molecular weight is 325 g/mol. The second-order valence-electron chi connectivity index (χ2n) is 4.42. The largest absolute Gasteiger partial charge is 0.485 e. The fourth-order valence-corrected chi connectivity index (χ4v) is 2.35. The van der Waals surface area contributed by atoms with Crippen LogP contribution in [-0.4, -0.2) is 19.5 Å². The Morgan fingerprint density at radius 3 is 2.67 bits per heavy atom. The number of methoxy groups -OCH3 is 1. The minimum atomic E-state index is -0.200. The first-order chi connectivity index (χ1) is 10.1. The molecule has 0 fully saturated rings. The highest BCUT2D eigenvalue weighted by molar-refractivity contribution is 6.36. The number of carbonyl (C=O) groups is 1. The standard InChI is InChI=1S/C16H14Cl2O3/c1-20-9-11-3-2-4-13(7-11)21-10-16(19)14-6-5-12(17)8-15(14)18/h2-8H,9-10H2,1H3. The molecule has 3 nitrogen and oxygen atoms in total. The average Bonchev–Trinajstić information content (AvgIpc) is 2.45. The van der Waals surface area contributed by atoms with Crippen LogP contribution in [0.25, 0.3) is 0 Å². The van der Waals surface area contributed by atoms with Crippen LogP contribution < -0.4 is 4.74 Å². The minimum Gasteiger partial charge on any atom is -0.485 e. The topological polar surface area (TPSA) is 35.5 Å². The van der Waals surface area contributed by atoms with Gasteiger partial charge in [0.15, 0.2) is 6.61 Å². The quantitative estimate of drug-likeness (QED) is 0.739. The maximum Gasteiger partial charge on any atom is 0.201 e. The molecule has 2 aromatic rings. The molecule has 0 atom stereocenters. The SMILES string of the molecule is COCc1cccc(OCC(=O)c2ccc(Cl)cc2Cl)c1. The fourth-order valence-electron chi connectivity index (χ4n) is 1.83. The molecule has 0 unspecified atom stereocenters. The molecule has 0 saturated heterocycles. The van der Waals surface area contributed by atoms with Crippen molar-refractivity contribution in [3.63, 3.8) is 0 Å². The van der Waals surface area contributed by atoms with E-state index in [4.69, 9.17) is 32.7 Å². The third kappa shape index (κ3) is 4.46. The first-order valence-electron chi connectivity index (χ1n) is 6.29. The molecular weight excluding hydrogens is 311 g/mol. The second kappa shape index (κ2) is 7.46. The lowest BCUT2D eigenvalue weighted by atomic mass is 10.1. The number of benzene rings is 2. The first-order valence-corrected chi connectivity index (χ1v) is 7.04. The summed E-state index contributed by atoms with van der Waals surface area (Å²) in [6, 6.07) is 12.2. The van der Waals surface area contributed by atoms with Gasteiger partial charge >= 0.3 is 0 Å². The molecule has 2 rings (SSSR count). The molecule has 110 valence electrons. The lowest BCUT2D eigenvalue weighted by Crippen LogP contribution is -2.12. The van der Waals surface area contributed by atoms with Crippen LogP contribution in [0.15, 0.2) is 42.5 Å². The van der Waals surface area contributed by atoms with Crippen LogP contribution in [0.5, 0.6) is 5.75 Å². The van der Waals surface area contributed by atoms with Gasteiger partial charge in [-0.05, 0) is 35.9 Å². The molecular formula is C16H14Cl2O3. The summed E-state index contributed by atoms with van der Waals surface area (Å²) in [5, 5.41) is 0.814. The van der Waals surface area contributed by atoms with E-state index in [2.05, 4.69) is 0 Å². The maximum atomic E-state index is 12.1. The van der Waals surface area contributed by atoms with Crippen LogP contribution in [0.4, 0.5) is 0 Å². The Morgan fingerprint density at radius 2 is 1.95 bits per heavy atom. The van der Waals surface area contributed by atoms with Gasteiger partial charge in [-0.3, -0.25) is 4.79 Å². The Bertz CT molecular complexity index is 641. The summed E-state index contributed by atoms with van der Waals surface area (Å²) >= 11 is 11.8. The molecule has 0 aromatic heterocycles. The zero-order chi connectivity index (χ0) is 15.2. The summed E-state index contributed by atoms with van der Waals surface area (Å²) in [4.78, 5) is 12.1. The highest BCUT2D eigenvalue weighted by Gasteiger charge is 2.11. The summed E-state index contributed by atoms with van der Waals surface area (Å²) < 4.78 is 10.5. The molecule has 0 aliphatic heterocycles. The van der Waals surface area contributed by atoms with Gasteiger partial charge in [-0.25, -0.2) is 0 Å².